The summed E-state index contributed by atoms with van der Waals surface area (Å²) in [6.07, 6.45) is 0.0366. The summed E-state index contributed by atoms with van der Waals surface area (Å²) in [5.41, 5.74) is 0.0662. The van der Waals surface area contributed by atoms with Gasteiger partial charge in [0, 0.05) is 19.3 Å². The summed E-state index contributed by atoms with van der Waals surface area (Å²) in [5, 5.41) is 11.2. The Morgan fingerprint density at radius 1 is 1.04 bits per heavy atom. The molecular weight excluding hydrogens is 332 g/mol. The number of carbonyl (C=O) groups excluding carboxylic acids is 4. The highest BCUT2D eigenvalue weighted by Crippen LogP contribution is 2.19. The monoisotopic (exact) mass is 348 g/mol. The van der Waals surface area contributed by atoms with Crippen LogP contribution in [0.4, 0.5) is 0 Å². The second-order valence-corrected chi connectivity index (χ2v) is 5.68. The van der Waals surface area contributed by atoms with Gasteiger partial charge in [-0.05, 0) is 24.6 Å². The van der Waals surface area contributed by atoms with E-state index >= 15 is 0 Å². The zero-order chi connectivity index (χ0) is 18.0. The third-order valence-corrected chi connectivity index (χ3v) is 3.87. The Hall–Kier alpha value is -2.94. The summed E-state index contributed by atoms with van der Waals surface area (Å²) in [5.74, 6) is -2.43. The second-order valence-electron chi connectivity index (χ2n) is 5.68. The average molecular weight is 348 g/mol. The summed E-state index contributed by atoms with van der Waals surface area (Å²) >= 11 is 0. The largest absolute Gasteiger partial charge is 0.370 e. The first-order chi connectivity index (χ1) is 12.0. The zero-order valence-electron chi connectivity index (χ0n) is 13.2. The van der Waals surface area contributed by atoms with Gasteiger partial charge in [-0.3, -0.25) is 9.59 Å². The van der Waals surface area contributed by atoms with Crippen molar-refractivity contribution in [2.45, 2.75) is 31.9 Å². The molecular formula is C16H16N2O7. The molecule has 2 amide bonds. The van der Waals surface area contributed by atoms with Crippen molar-refractivity contribution in [1.29, 1.82) is 0 Å². The molecule has 0 bridgehead atoms. The summed E-state index contributed by atoms with van der Waals surface area (Å²) in [6, 6.07) is 5.50. The first-order valence-corrected chi connectivity index (χ1v) is 7.81. The molecule has 1 aromatic carbocycles. The molecule has 25 heavy (non-hydrogen) atoms. The van der Waals surface area contributed by atoms with Crippen molar-refractivity contribution in [3.05, 3.63) is 35.4 Å². The number of rotatable bonds is 4. The van der Waals surface area contributed by atoms with Crippen molar-refractivity contribution >= 4 is 23.8 Å². The molecule has 3 rings (SSSR count). The van der Waals surface area contributed by atoms with Gasteiger partial charge in [-0.2, -0.15) is 5.06 Å². The van der Waals surface area contributed by atoms with Crippen molar-refractivity contribution in [2.24, 2.45) is 0 Å². The predicted molar refractivity (Wildman–Crippen MR) is 80.3 cm³/mol. The van der Waals surface area contributed by atoms with E-state index in [2.05, 4.69) is 0 Å². The van der Waals surface area contributed by atoms with Gasteiger partial charge in [-0.15, -0.1) is 5.06 Å². The minimum atomic E-state index is -1.18. The van der Waals surface area contributed by atoms with Crippen molar-refractivity contribution in [3.8, 4) is 0 Å². The smallest absolute Gasteiger partial charge is 0.363 e. The summed E-state index contributed by atoms with van der Waals surface area (Å²) < 4.78 is 0. The molecule has 2 fully saturated rings. The summed E-state index contributed by atoms with van der Waals surface area (Å²) in [7, 11) is 0. The lowest BCUT2D eigenvalue weighted by atomic mass is 10.1. The molecule has 132 valence electrons. The first kappa shape index (κ1) is 16.9. The molecule has 1 atom stereocenters. The molecule has 1 aromatic rings. The molecule has 9 heteroatoms. The van der Waals surface area contributed by atoms with E-state index in [0.717, 1.165) is 5.06 Å². The minimum Gasteiger partial charge on any atom is -0.370 e. The zero-order valence-corrected chi connectivity index (χ0v) is 13.2. The molecule has 0 aliphatic carbocycles. The molecule has 0 radical (unpaired) electrons. The Kier molecular flexibility index (Phi) is 4.66. The SMILES string of the molecule is O=C(ON1CCCC1=O)c1cccc(C(=O)ON2C(=O)CCC2O)c1. The second kappa shape index (κ2) is 6.89. The predicted octanol–water partition coefficient (Wildman–Crippen LogP) is 0.393. The van der Waals surface area contributed by atoms with Gasteiger partial charge in [0.25, 0.3) is 11.8 Å². The van der Waals surface area contributed by atoms with Crippen molar-refractivity contribution in [3.63, 3.8) is 0 Å². The quantitative estimate of drug-likeness (QED) is 0.837. The van der Waals surface area contributed by atoms with Gasteiger partial charge in [0.15, 0.2) is 6.23 Å². The fourth-order valence-electron chi connectivity index (χ4n) is 2.55. The molecule has 0 saturated carbocycles. The highest BCUT2D eigenvalue weighted by Gasteiger charge is 2.33. The Bertz CT molecular complexity index is 733. The molecule has 0 aromatic heterocycles. The number of amides is 2. The van der Waals surface area contributed by atoms with E-state index in [1.54, 1.807) is 0 Å². The molecule has 1 unspecified atom stereocenters. The van der Waals surface area contributed by atoms with Crippen LogP contribution in [0.1, 0.15) is 46.4 Å². The Morgan fingerprint density at radius 3 is 2.28 bits per heavy atom. The van der Waals surface area contributed by atoms with E-state index in [1.165, 1.54) is 24.3 Å². The lowest BCUT2D eigenvalue weighted by molar-refractivity contribution is -0.191. The summed E-state index contributed by atoms with van der Waals surface area (Å²) in [6.45, 7) is 0.335. The number of hydrogen-bond donors (Lipinski definition) is 1. The van der Waals surface area contributed by atoms with Crippen LogP contribution in [-0.4, -0.2) is 51.8 Å². The number of nitrogens with zero attached hydrogens (tertiary/aromatic N) is 2. The molecule has 2 saturated heterocycles. The van der Waals surface area contributed by atoms with E-state index in [4.69, 9.17) is 9.68 Å². The molecule has 2 heterocycles. The van der Waals surface area contributed by atoms with Gasteiger partial charge in [0.1, 0.15) is 0 Å². The topological polar surface area (TPSA) is 113 Å². The van der Waals surface area contributed by atoms with Crippen LogP contribution in [0.25, 0.3) is 0 Å². The lowest BCUT2D eigenvalue weighted by Gasteiger charge is -2.18. The molecule has 2 aliphatic heterocycles. The van der Waals surface area contributed by atoms with Gasteiger partial charge in [-0.25, -0.2) is 9.59 Å². The van der Waals surface area contributed by atoms with Crippen molar-refractivity contribution in [2.75, 3.05) is 6.54 Å². The third-order valence-electron chi connectivity index (χ3n) is 3.87. The van der Waals surface area contributed by atoms with E-state index in [-0.39, 0.29) is 29.9 Å². The van der Waals surface area contributed by atoms with Gasteiger partial charge in [0.2, 0.25) is 0 Å². The van der Waals surface area contributed by atoms with E-state index in [0.29, 0.717) is 24.4 Å². The van der Waals surface area contributed by atoms with E-state index < -0.39 is 24.1 Å². The van der Waals surface area contributed by atoms with Crippen LogP contribution in [0.15, 0.2) is 24.3 Å². The highest BCUT2D eigenvalue weighted by atomic mass is 16.7. The van der Waals surface area contributed by atoms with Gasteiger partial charge < -0.3 is 14.8 Å². The minimum absolute atomic E-state index is 0.00842. The number of benzene rings is 1. The molecule has 1 N–H and O–H groups in total. The third kappa shape index (κ3) is 3.61. The number of hydrogen-bond acceptors (Lipinski definition) is 7. The maximum atomic E-state index is 12.1. The lowest BCUT2D eigenvalue weighted by Crippen LogP contribution is -2.35. The number of hydroxylamine groups is 4. The van der Waals surface area contributed by atoms with Crippen LogP contribution in [0, 0.1) is 0 Å². The Balaban J connectivity index is 1.68. The fraction of sp³-hybridized carbons (Fsp3) is 0.375. The Morgan fingerprint density at radius 2 is 1.72 bits per heavy atom. The standard InChI is InChI=1S/C16H16N2O7/c19-12-5-2-8-17(12)24-15(22)10-3-1-4-11(9-10)16(23)25-18-13(20)6-7-14(18)21/h1,3-4,9,13,20H,2,5-8H2. The van der Waals surface area contributed by atoms with Crippen LogP contribution in [0.3, 0.4) is 0 Å². The highest BCUT2D eigenvalue weighted by molar-refractivity contribution is 5.96. The van der Waals surface area contributed by atoms with Gasteiger partial charge in [0.05, 0.1) is 17.7 Å². The fourth-order valence-corrected chi connectivity index (χ4v) is 2.55. The summed E-state index contributed by atoms with van der Waals surface area (Å²) in [4.78, 5) is 57.1. The maximum Gasteiger partial charge on any atom is 0.363 e. The molecule has 9 nitrogen and oxygen atoms in total. The normalized spacial score (nSPS) is 20.1. The Labute approximate surface area is 142 Å². The van der Waals surface area contributed by atoms with Crippen LogP contribution in [-0.2, 0) is 19.3 Å². The average Bonchev–Trinajstić information content (AvgIpc) is 3.15. The van der Waals surface area contributed by atoms with Crippen molar-refractivity contribution in [1.82, 2.24) is 10.1 Å². The first-order valence-electron chi connectivity index (χ1n) is 7.81. The van der Waals surface area contributed by atoms with Gasteiger partial charge >= 0.3 is 11.9 Å². The maximum absolute atomic E-state index is 12.1. The number of aliphatic hydroxyl groups excluding tert-OH is 1. The molecule has 0 spiro atoms. The van der Waals surface area contributed by atoms with Crippen LogP contribution in [0.2, 0.25) is 0 Å². The van der Waals surface area contributed by atoms with Crippen LogP contribution >= 0.6 is 0 Å². The van der Waals surface area contributed by atoms with Gasteiger partial charge in [-0.1, -0.05) is 6.07 Å². The van der Waals surface area contributed by atoms with Crippen LogP contribution in [0.5, 0.6) is 0 Å². The van der Waals surface area contributed by atoms with E-state index in [1.807, 2.05) is 0 Å². The van der Waals surface area contributed by atoms with Crippen LogP contribution < -0.4 is 0 Å². The molecule has 2 aliphatic rings. The van der Waals surface area contributed by atoms with Crippen molar-refractivity contribution < 1.29 is 34.0 Å². The number of carbonyl (C=O) groups is 4. The number of aliphatic hydroxyl groups is 1. The van der Waals surface area contributed by atoms with E-state index in [9.17, 15) is 24.3 Å².